The molecule has 1 saturated heterocycles. The highest BCUT2D eigenvalue weighted by molar-refractivity contribution is 6.36. The van der Waals surface area contributed by atoms with Gasteiger partial charge < -0.3 is 24.5 Å². The van der Waals surface area contributed by atoms with Crippen LogP contribution in [0.2, 0.25) is 10.0 Å². The Kier molecular flexibility index (Phi) is 7.94. The van der Waals surface area contributed by atoms with Crippen LogP contribution in [0.4, 0.5) is 21.5 Å². The molecule has 39 heavy (non-hydrogen) atoms. The number of carbonyl (C=O) groups excluding carboxylic acids is 1. The Morgan fingerprint density at radius 1 is 1.05 bits per heavy atom. The summed E-state index contributed by atoms with van der Waals surface area (Å²) >= 11 is 12.5. The van der Waals surface area contributed by atoms with Crippen molar-refractivity contribution in [2.24, 2.45) is 0 Å². The smallest absolute Gasteiger partial charge is 0.227 e. The van der Waals surface area contributed by atoms with Crippen LogP contribution in [0.1, 0.15) is 30.4 Å². The maximum Gasteiger partial charge on any atom is 0.227 e. The molecule has 0 atom stereocenters. The van der Waals surface area contributed by atoms with Gasteiger partial charge in [-0.3, -0.25) is 4.79 Å². The maximum atomic E-state index is 15.2. The Labute approximate surface area is 238 Å². The number of aliphatic hydroxyl groups is 1. The van der Waals surface area contributed by atoms with Gasteiger partial charge in [-0.25, -0.2) is 4.39 Å². The van der Waals surface area contributed by atoms with Crippen LogP contribution in [0, 0.1) is 5.82 Å². The molecule has 3 aromatic carbocycles. The second-order valence-corrected chi connectivity index (χ2v) is 11.2. The van der Waals surface area contributed by atoms with Gasteiger partial charge in [0, 0.05) is 49.4 Å². The van der Waals surface area contributed by atoms with Crippen molar-refractivity contribution in [1.29, 1.82) is 0 Å². The molecule has 0 aliphatic carbocycles. The fourth-order valence-electron chi connectivity index (χ4n) is 5.65. The highest BCUT2D eigenvalue weighted by Gasteiger charge is 2.36. The number of hydrogen-bond donors (Lipinski definition) is 1. The molecular formula is C30H32Cl2FN3O3. The number of rotatable bonds is 7. The number of likely N-dealkylation sites (N-methyl/N-ethyl adjacent to an activating group) is 1. The van der Waals surface area contributed by atoms with Crippen LogP contribution in [0.25, 0.3) is 0 Å². The van der Waals surface area contributed by atoms with Gasteiger partial charge in [-0.1, -0.05) is 35.3 Å². The fraction of sp³-hybridized carbons (Fsp3) is 0.367. The van der Waals surface area contributed by atoms with Crippen LogP contribution in [0.15, 0.2) is 54.6 Å². The first-order valence-corrected chi connectivity index (χ1v) is 13.8. The summed E-state index contributed by atoms with van der Waals surface area (Å²) in [5.41, 5.74) is 2.82. The molecule has 1 N–H and O–H groups in total. The topological polar surface area (TPSA) is 56.3 Å². The molecule has 9 heteroatoms. The Morgan fingerprint density at radius 2 is 1.77 bits per heavy atom. The van der Waals surface area contributed by atoms with E-state index >= 15 is 4.39 Å². The predicted octanol–water partition coefficient (Wildman–Crippen LogP) is 6.09. The van der Waals surface area contributed by atoms with E-state index in [1.165, 1.54) is 11.0 Å². The zero-order valence-corrected chi connectivity index (χ0v) is 23.6. The van der Waals surface area contributed by atoms with E-state index in [0.717, 1.165) is 28.3 Å². The summed E-state index contributed by atoms with van der Waals surface area (Å²) < 4.78 is 20.5. The molecular weight excluding hydrogens is 540 g/mol. The van der Waals surface area contributed by atoms with Gasteiger partial charge >= 0.3 is 0 Å². The van der Waals surface area contributed by atoms with Crippen LogP contribution >= 0.6 is 23.2 Å². The monoisotopic (exact) mass is 571 g/mol. The lowest BCUT2D eigenvalue weighted by Crippen LogP contribution is -2.50. The molecule has 6 nitrogen and oxygen atoms in total. The van der Waals surface area contributed by atoms with Crippen molar-refractivity contribution in [2.45, 2.75) is 37.8 Å². The zero-order chi connectivity index (χ0) is 27.7. The molecule has 206 valence electrons. The van der Waals surface area contributed by atoms with Crippen LogP contribution in [-0.2, 0) is 17.8 Å². The molecule has 0 radical (unpaired) electrons. The normalized spacial score (nSPS) is 16.7. The Balaban J connectivity index is 1.33. The summed E-state index contributed by atoms with van der Waals surface area (Å²) in [7, 11) is 3.51. The maximum absolute atomic E-state index is 15.2. The van der Waals surface area contributed by atoms with E-state index in [-0.39, 0.29) is 12.5 Å². The van der Waals surface area contributed by atoms with Crippen molar-refractivity contribution in [3.8, 4) is 5.75 Å². The van der Waals surface area contributed by atoms with E-state index in [9.17, 15) is 9.90 Å². The molecule has 2 heterocycles. The summed E-state index contributed by atoms with van der Waals surface area (Å²) in [6, 6.07) is 16.0. The molecule has 0 bridgehead atoms. The van der Waals surface area contributed by atoms with E-state index < -0.39 is 11.4 Å². The second kappa shape index (κ2) is 11.2. The lowest BCUT2D eigenvalue weighted by atomic mass is 9.89. The van der Waals surface area contributed by atoms with Gasteiger partial charge in [-0.05, 0) is 67.3 Å². The SMILES string of the molecule is COc1ccc(CN2C(=O)CCc3c(N(C)CC4(O)CCN(c5ccc(Cl)cc5Cl)CC4)ccc(F)c32)cc1. The molecule has 0 aromatic heterocycles. The molecule has 0 spiro atoms. The van der Waals surface area contributed by atoms with E-state index in [1.54, 1.807) is 19.2 Å². The highest BCUT2D eigenvalue weighted by Crippen LogP contribution is 2.39. The summed E-state index contributed by atoms with van der Waals surface area (Å²) in [4.78, 5) is 18.6. The van der Waals surface area contributed by atoms with E-state index in [0.29, 0.717) is 61.1 Å². The quantitative estimate of drug-likeness (QED) is 0.372. The van der Waals surface area contributed by atoms with Crippen LogP contribution in [0.5, 0.6) is 5.75 Å². The van der Waals surface area contributed by atoms with Crippen molar-refractivity contribution in [1.82, 2.24) is 0 Å². The number of carbonyl (C=O) groups is 1. The summed E-state index contributed by atoms with van der Waals surface area (Å²) in [6.07, 6.45) is 1.87. The summed E-state index contributed by atoms with van der Waals surface area (Å²) in [5, 5.41) is 12.7. The minimum absolute atomic E-state index is 0.108. The minimum Gasteiger partial charge on any atom is -0.497 e. The van der Waals surface area contributed by atoms with Crippen LogP contribution in [-0.4, -0.2) is 50.4 Å². The van der Waals surface area contributed by atoms with Gasteiger partial charge in [-0.15, -0.1) is 0 Å². The van der Waals surface area contributed by atoms with Gasteiger partial charge in [0.25, 0.3) is 0 Å². The van der Waals surface area contributed by atoms with E-state index in [2.05, 4.69) is 4.90 Å². The zero-order valence-electron chi connectivity index (χ0n) is 22.1. The lowest BCUT2D eigenvalue weighted by Gasteiger charge is -2.42. The Morgan fingerprint density at radius 3 is 2.44 bits per heavy atom. The standard InChI is InChI=1S/C30H32Cl2FN3O3/c1-34(19-30(38)13-15-35(16-14-30)27-10-5-21(31)17-24(27)32)26-11-9-25(33)29-23(26)8-12-28(37)36(29)18-20-3-6-22(39-2)7-4-20/h3-7,9-11,17,38H,8,12-16,18-19H2,1-2H3. The first kappa shape index (κ1) is 27.6. The second-order valence-electron chi connectivity index (χ2n) is 10.4. The number of piperidine rings is 1. The number of ether oxygens (including phenoxy) is 1. The summed E-state index contributed by atoms with van der Waals surface area (Å²) in [5.74, 6) is 0.193. The van der Waals surface area contributed by atoms with Gasteiger partial charge in [0.05, 0.1) is 35.7 Å². The third-order valence-electron chi connectivity index (χ3n) is 7.76. The van der Waals surface area contributed by atoms with Gasteiger partial charge in [-0.2, -0.15) is 0 Å². The number of methoxy groups -OCH3 is 1. The molecule has 2 aliphatic rings. The average Bonchev–Trinajstić information content (AvgIpc) is 2.91. The number of nitrogens with zero attached hydrogens (tertiary/aromatic N) is 3. The average molecular weight is 573 g/mol. The molecule has 0 saturated carbocycles. The third-order valence-corrected chi connectivity index (χ3v) is 8.29. The number of halogens is 3. The fourth-order valence-corrected chi connectivity index (χ4v) is 6.18. The number of anilines is 3. The van der Waals surface area contributed by atoms with E-state index in [4.69, 9.17) is 27.9 Å². The number of hydrogen-bond acceptors (Lipinski definition) is 5. The molecule has 0 unspecified atom stereocenters. The highest BCUT2D eigenvalue weighted by atomic mass is 35.5. The first-order chi connectivity index (χ1) is 18.7. The predicted molar refractivity (Wildman–Crippen MR) is 155 cm³/mol. The van der Waals surface area contributed by atoms with Gasteiger partial charge in [0.15, 0.2) is 0 Å². The number of amides is 1. The number of benzene rings is 3. The van der Waals surface area contributed by atoms with Crippen molar-refractivity contribution in [3.05, 3.63) is 81.6 Å². The minimum atomic E-state index is -0.918. The lowest BCUT2D eigenvalue weighted by molar-refractivity contribution is -0.119. The molecule has 2 aliphatic heterocycles. The van der Waals surface area contributed by atoms with Gasteiger partial charge in [0.1, 0.15) is 11.6 Å². The van der Waals surface area contributed by atoms with Crippen LogP contribution in [0.3, 0.4) is 0 Å². The molecule has 5 rings (SSSR count). The molecule has 1 amide bonds. The number of fused-ring (bicyclic) bond motifs is 1. The molecule has 1 fully saturated rings. The Hall–Kier alpha value is -3.00. The van der Waals surface area contributed by atoms with Gasteiger partial charge in [0.2, 0.25) is 5.91 Å². The van der Waals surface area contributed by atoms with E-state index in [1.807, 2.05) is 48.3 Å². The summed E-state index contributed by atoms with van der Waals surface area (Å²) in [6.45, 7) is 1.96. The Bertz CT molecular complexity index is 1360. The largest absolute Gasteiger partial charge is 0.497 e. The van der Waals surface area contributed by atoms with Crippen molar-refractivity contribution < 1.29 is 19.0 Å². The van der Waals surface area contributed by atoms with Crippen molar-refractivity contribution in [2.75, 3.05) is 48.5 Å². The van der Waals surface area contributed by atoms with Crippen LogP contribution < -0.4 is 19.4 Å². The first-order valence-electron chi connectivity index (χ1n) is 13.1. The third kappa shape index (κ3) is 5.81. The van der Waals surface area contributed by atoms with Crippen molar-refractivity contribution >= 4 is 46.2 Å². The molecule has 3 aromatic rings. The van der Waals surface area contributed by atoms with Crippen molar-refractivity contribution in [3.63, 3.8) is 0 Å².